The minimum Gasteiger partial charge on any atom is -0.230 e. The number of hydrogen-bond acceptors (Lipinski definition) is 0. The number of hydrogen-bond donors (Lipinski definition) is 0. The standard InChI is InChI=1S/C36H40N4/c1-27-7-13-31(14-8-27)23-39-25-37(33-17-11-29(3)21-35(33)39)19-5-6-20-38-26-40(24-32-15-9-28(2)10-16-32)36-22-30(4)12-18-34(36)38/h7-18,21-22,25-26H,5-6,19-20,23-24H2,1-4H3/q+2. The lowest BCUT2D eigenvalue weighted by Gasteiger charge is -2.00. The molecule has 0 bridgehead atoms. The van der Waals surface area contributed by atoms with Gasteiger partial charge in [-0.15, -0.1) is 0 Å². The molecule has 6 aromatic rings. The van der Waals surface area contributed by atoms with Crippen molar-refractivity contribution in [2.75, 3.05) is 0 Å². The summed E-state index contributed by atoms with van der Waals surface area (Å²) in [5.41, 5.74) is 13.1. The maximum Gasteiger partial charge on any atom is 0.245 e. The van der Waals surface area contributed by atoms with E-state index in [1.54, 1.807) is 0 Å². The van der Waals surface area contributed by atoms with E-state index in [4.69, 9.17) is 0 Å². The molecular formula is C36H40N4+2. The summed E-state index contributed by atoms with van der Waals surface area (Å²) in [5, 5.41) is 0. The summed E-state index contributed by atoms with van der Waals surface area (Å²) in [6, 6.07) is 31.5. The Labute approximate surface area is 237 Å². The van der Waals surface area contributed by atoms with E-state index < -0.39 is 0 Å². The zero-order valence-corrected chi connectivity index (χ0v) is 24.3. The fraction of sp³-hybridized carbons (Fsp3) is 0.278. The molecule has 4 heteroatoms. The maximum absolute atomic E-state index is 2.44. The maximum atomic E-state index is 2.44. The SMILES string of the molecule is Cc1ccc(Cn2c[n+](CCCC[n+]3cn(Cc4ccc(C)cc4)c4cc(C)ccc43)c3ccc(C)cc32)cc1. The number of rotatable bonds is 9. The molecule has 0 N–H and O–H groups in total. The average Bonchev–Trinajstić information content (AvgIpc) is 3.45. The summed E-state index contributed by atoms with van der Waals surface area (Å²) in [5.74, 6) is 0. The third kappa shape index (κ3) is 5.58. The lowest BCUT2D eigenvalue weighted by atomic mass is 10.1. The highest BCUT2D eigenvalue weighted by Crippen LogP contribution is 2.18. The van der Waals surface area contributed by atoms with Crippen molar-refractivity contribution in [3.63, 3.8) is 0 Å². The van der Waals surface area contributed by atoms with Gasteiger partial charge in [-0.1, -0.05) is 71.8 Å². The number of nitrogens with zero attached hydrogens (tertiary/aromatic N) is 4. The summed E-state index contributed by atoms with van der Waals surface area (Å²) in [6.45, 7) is 12.5. The van der Waals surface area contributed by atoms with E-state index in [1.165, 1.54) is 55.4 Å². The smallest absolute Gasteiger partial charge is 0.230 e. The molecule has 0 unspecified atom stereocenters. The molecule has 0 saturated heterocycles. The largest absolute Gasteiger partial charge is 0.245 e. The Hall–Kier alpha value is -4.18. The minimum atomic E-state index is 0.892. The van der Waals surface area contributed by atoms with Crippen LogP contribution in [0.25, 0.3) is 22.1 Å². The Balaban J connectivity index is 1.18. The first kappa shape index (κ1) is 26.1. The molecule has 6 rings (SSSR count). The highest BCUT2D eigenvalue weighted by Gasteiger charge is 2.18. The molecule has 0 amide bonds. The first-order valence-electron chi connectivity index (χ1n) is 14.5. The van der Waals surface area contributed by atoms with Crippen molar-refractivity contribution in [3.05, 3.63) is 131 Å². The van der Waals surface area contributed by atoms with Crippen LogP contribution in [0.5, 0.6) is 0 Å². The highest BCUT2D eigenvalue weighted by molar-refractivity contribution is 5.73. The second-order valence-corrected chi connectivity index (χ2v) is 11.5. The molecule has 4 aromatic carbocycles. The molecule has 0 saturated carbocycles. The van der Waals surface area contributed by atoms with Gasteiger partial charge in [-0.05, 0) is 87.1 Å². The van der Waals surface area contributed by atoms with E-state index in [1.807, 2.05) is 0 Å². The fourth-order valence-electron chi connectivity index (χ4n) is 5.75. The van der Waals surface area contributed by atoms with Crippen LogP contribution < -0.4 is 9.13 Å². The van der Waals surface area contributed by atoms with Gasteiger partial charge in [-0.25, -0.2) is 18.3 Å². The van der Waals surface area contributed by atoms with Crippen LogP contribution >= 0.6 is 0 Å². The number of fused-ring (bicyclic) bond motifs is 2. The zero-order chi connectivity index (χ0) is 27.6. The first-order valence-corrected chi connectivity index (χ1v) is 14.5. The highest BCUT2D eigenvalue weighted by atomic mass is 15.1. The van der Waals surface area contributed by atoms with Gasteiger partial charge in [0.05, 0.1) is 13.1 Å². The third-order valence-electron chi connectivity index (χ3n) is 8.05. The predicted molar refractivity (Wildman–Crippen MR) is 164 cm³/mol. The number of aromatic nitrogens is 4. The molecule has 2 heterocycles. The van der Waals surface area contributed by atoms with Crippen molar-refractivity contribution in [1.82, 2.24) is 9.13 Å². The van der Waals surface area contributed by atoms with Crippen molar-refractivity contribution in [2.24, 2.45) is 0 Å². The van der Waals surface area contributed by atoms with Gasteiger partial charge in [0.1, 0.15) is 13.1 Å². The molecule has 0 spiro atoms. The number of unbranched alkanes of at least 4 members (excludes halogenated alkanes) is 1. The third-order valence-corrected chi connectivity index (χ3v) is 8.05. The van der Waals surface area contributed by atoms with Gasteiger partial charge in [0.2, 0.25) is 12.7 Å². The van der Waals surface area contributed by atoms with Crippen molar-refractivity contribution in [3.8, 4) is 0 Å². The van der Waals surface area contributed by atoms with Gasteiger partial charge < -0.3 is 0 Å². The summed E-state index contributed by atoms with van der Waals surface area (Å²) in [4.78, 5) is 0. The monoisotopic (exact) mass is 528 g/mol. The Morgan fingerprint density at radius 1 is 0.475 bits per heavy atom. The summed E-state index contributed by atoms with van der Waals surface area (Å²) < 4.78 is 9.70. The van der Waals surface area contributed by atoms with Crippen LogP contribution in [0.15, 0.2) is 97.6 Å². The van der Waals surface area contributed by atoms with E-state index in [-0.39, 0.29) is 0 Å². The lowest BCUT2D eigenvalue weighted by Crippen LogP contribution is -2.35. The van der Waals surface area contributed by atoms with Crippen molar-refractivity contribution < 1.29 is 9.13 Å². The van der Waals surface area contributed by atoms with Crippen LogP contribution in [0.1, 0.15) is 46.2 Å². The van der Waals surface area contributed by atoms with Crippen LogP contribution in [0.3, 0.4) is 0 Å². The molecule has 0 aliphatic rings. The predicted octanol–water partition coefficient (Wildman–Crippen LogP) is 6.98. The van der Waals surface area contributed by atoms with Gasteiger partial charge in [0.15, 0.2) is 22.1 Å². The van der Waals surface area contributed by atoms with Gasteiger partial charge in [0.25, 0.3) is 0 Å². The second kappa shape index (κ2) is 11.1. The molecule has 40 heavy (non-hydrogen) atoms. The van der Waals surface area contributed by atoms with Gasteiger partial charge in [-0.2, -0.15) is 0 Å². The van der Waals surface area contributed by atoms with Crippen LogP contribution in [0, 0.1) is 27.7 Å². The molecule has 4 nitrogen and oxygen atoms in total. The summed E-state index contributed by atoms with van der Waals surface area (Å²) in [6.07, 6.45) is 6.89. The average molecular weight is 529 g/mol. The van der Waals surface area contributed by atoms with E-state index >= 15 is 0 Å². The molecule has 2 aromatic heterocycles. The van der Waals surface area contributed by atoms with Crippen molar-refractivity contribution in [1.29, 1.82) is 0 Å². The Bertz CT molecular complexity index is 1640. The van der Waals surface area contributed by atoms with Gasteiger partial charge >= 0.3 is 0 Å². The summed E-state index contributed by atoms with van der Waals surface area (Å²) >= 11 is 0. The zero-order valence-electron chi connectivity index (χ0n) is 24.3. The van der Waals surface area contributed by atoms with E-state index in [0.29, 0.717) is 0 Å². The summed E-state index contributed by atoms with van der Waals surface area (Å²) in [7, 11) is 0. The fourth-order valence-corrected chi connectivity index (χ4v) is 5.75. The molecule has 202 valence electrons. The number of aryl methyl sites for hydroxylation is 6. The van der Waals surface area contributed by atoms with Crippen LogP contribution in [0.2, 0.25) is 0 Å². The van der Waals surface area contributed by atoms with E-state index in [2.05, 4.69) is 144 Å². The molecule has 0 aliphatic carbocycles. The normalized spacial score (nSPS) is 11.6. The Morgan fingerprint density at radius 3 is 1.25 bits per heavy atom. The molecule has 0 atom stereocenters. The van der Waals surface area contributed by atoms with Crippen molar-refractivity contribution in [2.45, 2.75) is 66.7 Å². The van der Waals surface area contributed by atoms with Gasteiger partial charge in [-0.3, -0.25) is 0 Å². The number of benzene rings is 4. The second-order valence-electron chi connectivity index (χ2n) is 11.5. The topological polar surface area (TPSA) is 17.6 Å². The number of imidazole rings is 2. The quantitative estimate of drug-likeness (QED) is 0.142. The molecule has 0 aliphatic heterocycles. The van der Waals surface area contributed by atoms with Crippen LogP contribution in [-0.4, -0.2) is 9.13 Å². The lowest BCUT2D eigenvalue weighted by molar-refractivity contribution is -0.683. The van der Waals surface area contributed by atoms with Gasteiger partial charge in [0, 0.05) is 0 Å². The Morgan fingerprint density at radius 2 is 0.850 bits per heavy atom. The molecule has 0 radical (unpaired) electrons. The van der Waals surface area contributed by atoms with Crippen molar-refractivity contribution >= 4 is 22.1 Å². The van der Waals surface area contributed by atoms with E-state index in [9.17, 15) is 0 Å². The van der Waals surface area contributed by atoms with Crippen LogP contribution in [-0.2, 0) is 26.2 Å². The first-order chi connectivity index (χ1) is 19.4. The molecule has 0 fully saturated rings. The van der Waals surface area contributed by atoms with E-state index in [0.717, 1.165) is 39.0 Å². The minimum absolute atomic E-state index is 0.892. The van der Waals surface area contributed by atoms with Crippen LogP contribution in [0.4, 0.5) is 0 Å². The molecular weight excluding hydrogens is 488 g/mol. The Kier molecular flexibility index (Phi) is 7.25.